The fourth-order valence-electron chi connectivity index (χ4n) is 1.40. The summed E-state index contributed by atoms with van der Waals surface area (Å²) in [6.45, 7) is 4.56. The van der Waals surface area contributed by atoms with Gasteiger partial charge in [-0.3, -0.25) is 0 Å². The molecule has 0 amide bonds. The monoisotopic (exact) mass is 280 g/mol. The Kier molecular flexibility index (Phi) is 3.29. The van der Waals surface area contributed by atoms with Crippen LogP contribution in [0.1, 0.15) is 17.2 Å². The molecule has 0 aliphatic carbocycles. The minimum absolute atomic E-state index is 0.655. The molecule has 1 N–H and O–H groups in total. The number of pyridine rings is 1. The molecule has 2 heterocycles. The van der Waals surface area contributed by atoms with Gasteiger partial charge in [-0.25, -0.2) is 4.98 Å². The Balaban J connectivity index is 2.02. The van der Waals surface area contributed by atoms with Gasteiger partial charge in [-0.1, -0.05) is 0 Å². The number of hydrogen-bond acceptors (Lipinski definition) is 3. The molecule has 3 nitrogen and oxygen atoms in total. The van der Waals surface area contributed by atoms with Crippen molar-refractivity contribution < 1.29 is 4.42 Å². The van der Waals surface area contributed by atoms with Gasteiger partial charge in [0.05, 0.1) is 12.2 Å². The molecular weight excluding hydrogens is 268 g/mol. The maximum absolute atomic E-state index is 5.46. The molecule has 0 aliphatic heterocycles. The number of rotatable bonds is 3. The van der Waals surface area contributed by atoms with E-state index in [0.29, 0.717) is 6.54 Å². The Morgan fingerprint density at radius 3 is 2.69 bits per heavy atom. The van der Waals surface area contributed by atoms with Crippen LogP contribution in [0.5, 0.6) is 0 Å². The lowest BCUT2D eigenvalue weighted by molar-refractivity contribution is 0.490. The predicted octanol–water partition coefficient (Wildman–Crippen LogP) is 3.67. The number of furan rings is 1. The molecule has 0 fully saturated rings. The highest BCUT2D eigenvalue weighted by Crippen LogP contribution is 2.17. The molecule has 2 aromatic heterocycles. The molecule has 0 radical (unpaired) electrons. The number of anilines is 1. The highest BCUT2D eigenvalue weighted by molar-refractivity contribution is 9.10. The molecule has 2 rings (SSSR count). The Labute approximate surface area is 103 Å². The van der Waals surface area contributed by atoms with Crippen LogP contribution in [0.2, 0.25) is 0 Å². The number of aryl methyl sites for hydroxylation is 2. The van der Waals surface area contributed by atoms with Crippen LogP contribution in [0.25, 0.3) is 0 Å². The van der Waals surface area contributed by atoms with Crippen molar-refractivity contribution in [1.82, 2.24) is 4.98 Å². The average Bonchev–Trinajstić information content (AvgIpc) is 2.66. The minimum Gasteiger partial charge on any atom is -0.465 e. The zero-order chi connectivity index (χ0) is 11.5. The molecule has 0 atom stereocenters. The van der Waals surface area contributed by atoms with Crippen molar-refractivity contribution in [2.45, 2.75) is 20.4 Å². The molecule has 0 saturated heterocycles. The standard InChI is InChI=1S/C12H13BrN2O/c1-8-3-4-10(16-8)7-14-12-6-5-11(13)9(2)15-12/h3-6H,7H2,1-2H3,(H,14,15). The van der Waals surface area contributed by atoms with Crippen LogP contribution < -0.4 is 5.32 Å². The number of halogens is 1. The van der Waals surface area contributed by atoms with Crippen molar-refractivity contribution in [1.29, 1.82) is 0 Å². The normalized spacial score (nSPS) is 10.4. The van der Waals surface area contributed by atoms with E-state index in [1.165, 1.54) is 0 Å². The smallest absolute Gasteiger partial charge is 0.126 e. The lowest BCUT2D eigenvalue weighted by Gasteiger charge is -2.05. The summed E-state index contributed by atoms with van der Waals surface area (Å²) in [5.41, 5.74) is 0.973. The lowest BCUT2D eigenvalue weighted by atomic mass is 10.3. The van der Waals surface area contributed by atoms with Gasteiger partial charge >= 0.3 is 0 Å². The van der Waals surface area contributed by atoms with Gasteiger partial charge in [0.15, 0.2) is 0 Å². The summed E-state index contributed by atoms with van der Waals surface area (Å²) in [7, 11) is 0. The summed E-state index contributed by atoms with van der Waals surface area (Å²) in [5, 5.41) is 3.22. The summed E-state index contributed by atoms with van der Waals surface area (Å²) in [5.74, 6) is 2.70. The van der Waals surface area contributed by atoms with Crippen LogP contribution in [-0.2, 0) is 6.54 Å². The van der Waals surface area contributed by atoms with E-state index in [1.807, 2.05) is 38.1 Å². The summed E-state index contributed by atoms with van der Waals surface area (Å²) < 4.78 is 6.48. The summed E-state index contributed by atoms with van der Waals surface area (Å²) in [6, 6.07) is 7.84. The van der Waals surface area contributed by atoms with E-state index in [9.17, 15) is 0 Å². The SMILES string of the molecule is Cc1ccc(CNc2ccc(Br)c(C)n2)o1. The third kappa shape index (κ3) is 2.64. The maximum Gasteiger partial charge on any atom is 0.126 e. The Bertz CT molecular complexity index is 494. The Hall–Kier alpha value is -1.29. The second kappa shape index (κ2) is 4.70. The largest absolute Gasteiger partial charge is 0.465 e. The third-order valence-corrected chi connectivity index (χ3v) is 3.10. The minimum atomic E-state index is 0.655. The van der Waals surface area contributed by atoms with E-state index in [0.717, 1.165) is 27.5 Å². The zero-order valence-corrected chi connectivity index (χ0v) is 10.8. The van der Waals surface area contributed by atoms with Crippen LogP contribution >= 0.6 is 15.9 Å². The van der Waals surface area contributed by atoms with Gasteiger partial charge in [0.2, 0.25) is 0 Å². The molecule has 84 valence electrons. The first-order chi connectivity index (χ1) is 7.65. The Morgan fingerprint density at radius 1 is 1.25 bits per heavy atom. The predicted molar refractivity (Wildman–Crippen MR) is 67.4 cm³/mol. The fraction of sp³-hybridized carbons (Fsp3) is 0.250. The van der Waals surface area contributed by atoms with Gasteiger partial charge < -0.3 is 9.73 Å². The number of nitrogens with zero attached hydrogens (tertiary/aromatic N) is 1. The molecule has 0 aliphatic rings. The molecule has 16 heavy (non-hydrogen) atoms. The fourth-order valence-corrected chi connectivity index (χ4v) is 1.62. The second-order valence-electron chi connectivity index (χ2n) is 3.63. The van der Waals surface area contributed by atoms with Gasteiger partial charge in [-0.2, -0.15) is 0 Å². The van der Waals surface area contributed by atoms with Crippen molar-refractivity contribution >= 4 is 21.7 Å². The van der Waals surface area contributed by atoms with E-state index in [4.69, 9.17) is 4.42 Å². The van der Waals surface area contributed by atoms with E-state index < -0.39 is 0 Å². The number of aromatic nitrogens is 1. The van der Waals surface area contributed by atoms with Crippen LogP contribution in [0, 0.1) is 13.8 Å². The molecule has 4 heteroatoms. The first-order valence-corrected chi connectivity index (χ1v) is 5.87. The van der Waals surface area contributed by atoms with Gasteiger partial charge in [0.25, 0.3) is 0 Å². The summed E-state index contributed by atoms with van der Waals surface area (Å²) in [4.78, 5) is 4.39. The molecule has 0 aromatic carbocycles. The molecule has 2 aromatic rings. The topological polar surface area (TPSA) is 38.1 Å². The average molecular weight is 281 g/mol. The highest BCUT2D eigenvalue weighted by atomic mass is 79.9. The van der Waals surface area contributed by atoms with E-state index in [1.54, 1.807) is 0 Å². The third-order valence-electron chi connectivity index (χ3n) is 2.26. The van der Waals surface area contributed by atoms with Gasteiger partial charge in [-0.15, -0.1) is 0 Å². The number of nitrogens with one attached hydrogen (secondary N) is 1. The second-order valence-corrected chi connectivity index (χ2v) is 4.48. The lowest BCUT2D eigenvalue weighted by Crippen LogP contribution is -2.01. The quantitative estimate of drug-likeness (QED) is 0.932. The van der Waals surface area contributed by atoms with Crippen molar-refractivity contribution in [3.05, 3.63) is 46.0 Å². The van der Waals surface area contributed by atoms with Crippen LogP contribution in [0.15, 0.2) is 33.2 Å². The van der Waals surface area contributed by atoms with Crippen LogP contribution in [0.3, 0.4) is 0 Å². The van der Waals surface area contributed by atoms with Gasteiger partial charge in [-0.05, 0) is 54.0 Å². The maximum atomic E-state index is 5.46. The molecule has 0 spiro atoms. The van der Waals surface area contributed by atoms with Crippen molar-refractivity contribution in [3.63, 3.8) is 0 Å². The van der Waals surface area contributed by atoms with E-state index in [2.05, 4.69) is 26.2 Å². The van der Waals surface area contributed by atoms with Crippen molar-refractivity contribution in [2.75, 3.05) is 5.32 Å². The first-order valence-electron chi connectivity index (χ1n) is 5.07. The van der Waals surface area contributed by atoms with Crippen molar-refractivity contribution in [3.8, 4) is 0 Å². The van der Waals surface area contributed by atoms with Crippen molar-refractivity contribution in [2.24, 2.45) is 0 Å². The molecule has 0 bridgehead atoms. The van der Waals surface area contributed by atoms with Crippen LogP contribution in [-0.4, -0.2) is 4.98 Å². The Morgan fingerprint density at radius 2 is 2.06 bits per heavy atom. The first kappa shape index (κ1) is 11.2. The molecule has 0 saturated carbocycles. The highest BCUT2D eigenvalue weighted by Gasteiger charge is 2.01. The summed E-state index contributed by atoms with van der Waals surface area (Å²) in [6.07, 6.45) is 0. The summed E-state index contributed by atoms with van der Waals surface area (Å²) >= 11 is 3.42. The van der Waals surface area contributed by atoms with E-state index >= 15 is 0 Å². The van der Waals surface area contributed by atoms with E-state index in [-0.39, 0.29) is 0 Å². The molecule has 0 unspecified atom stereocenters. The zero-order valence-electron chi connectivity index (χ0n) is 9.25. The number of hydrogen-bond donors (Lipinski definition) is 1. The van der Waals surface area contributed by atoms with Gasteiger partial charge in [0, 0.05) is 4.47 Å². The van der Waals surface area contributed by atoms with Crippen LogP contribution in [0.4, 0.5) is 5.82 Å². The van der Waals surface area contributed by atoms with Gasteiger partial charge in [0.1, 0.15) is 17.3 Å². The molecular formula is C12H13BrN2O.